The van der Waals surface area contributed by atoms with Gasteiger partial charge in [0.2, 0.25) is 5.91 Å². The maximum Gasteiger partial charge on any atom is 0.224 e. The third-order valence-corrected chi connectivity index (χ3v) is 2.10. The molecule has 0 saturated carbocycles. The molecular formula is C11H15NO2. The summed E-state index contributed by atoms with van der Waals surface area (Å²) in [5.74, 6) is 0.875. The number of benzene rings is 1. The molecule has 0 heterocycles. The van der Waals surface area contributed by atoms with Crippen molar-refractivity contribution in [1.82, 2.24) is 5.32 Å². The van der Waals surface area contributed by atoms with Crippen molar-refractivity contribution >= 4 is 5.91 Å². The van der Waals surface area contributed by atoms with Crippen LogP contribution < -0.4 is 10.1 Å². The van der Waals surface area contributed by atoms with E-state index in [1.54, 1.807) is 14.2 Å². The van der Waals surface area contributed by atoms with Crippen molar-refractivity contribution in [2.45, 2.75) is 13.3 Å². The van der Waals surface area contributed by atoms with Crippen LogP contribution in [0.2, 0.25) is 0 Å². The highest BCUT2D eigenvalue weighted by atomic mass is 16.5. The highest BCUT2D eigenvalue weighted by Gasteiger charge is 2.03. The van der Waals surface area contributed by atoms with Gasteiger partial charge in [-0.2, -0.15) is 0 Å². The summed E-state index contributed by atoms with van der Waals surface area (Å²) in [6.07, 6.45) is 0.418. The van der Waals surface area contributed by atoms with Gasteiger partial charge in [-0.1, -0.05) is 12.1 Å². The quantitative estimate of drug-likeness (QED) is 0.785. The molecule has 1 rings (SSSR count). The van der Waals surface area contributed by atoms with Crippen LogP contribution in [0, 0.1) is 6.92 Å². The summed E-state index contributed by atoms with van der Waals surface area (Å²) in [5, 5.41) is 2.59. The number of carbonyl (C=O) groups is 1. The van der Waals surface area contributed by atoms with Gasteiger partial charge in [0.1, 0.15) is 5.75 Å². The number of carbonyl (C=O) groups excluding carboxylic acids is 1. The molecule has 14 heavy (non-hydrogen) atoms. The molecule has 1 amide bonds. The molecule has 0 bridgehead atoms. The van der Waals surface area contributed by atoms with Gasteiger partial charge in [-0.25, -0.2) is 0 Å². The van der Waals surface area contributed by atoms with E-state index < -0.39 is 0 Å². The second-order valence-electron chi connectivity index (χ2n) is 3.15. The molecule has 0 radical (unpaired) electrons. The number of hydrogen-bond acceptors (Lipinski definition) is 2. The molecule has 1 aromatic carbocycles. The van der Waals surface area contributed by atoms with E-state index in [0.29, 0.717) is 6.42 Å². The van der Waals surface area contributed by atoms with Crippen LogP contribution >= 0.6 is 0 Å². The molecule has 3 nitrogen and oxygen atoms in total. The van der Waals surface area contributed by atoms with Crippen LogP contribution in [0.25, 0.3) is 0 Å². The Morgan fingerprint density at radius 3 is 2.71 bits per heavy atom. The zero-order chi connectivity index (χ0) is 10.6. The second-order valence-corrected chi connectivity index (χ2v) is 3.15. The molecule has 1 aromatic rings. The van der Waals surface area contributed by atoms with Gasteiger partial charge in [-0.3, -0.25) is 4.79 Å². The average Bonchev–Trinajstić information content (AvgIpc) is 2.18. The Kier molecular flexibility index (Phi) is 3.51. The zero-order valence-electron chi connectivity index (χ0n) is 8.76. The summed E-state index contributed by atoms with van der Waals surface area (Å²) in [5.41, 5.74) is 2.05. The lowest BCUT2D eigenvalue weighted by Crippen LogP contribution is -2.19. The van der Waals surface area contributed by atoms with Crippen LogP contribution in [-0.4, -0.2) is 20.1 Å². The van der Waals surface area contributed by atoms with Crippen molar-refractivity contribution in [1.29, 1.82) is 0 Å². The third-order valence-electron chi connectivity index (χ3n) is 2.10. The van der Waals surface area contributed by atoms with E-state index in [2.05, 4.69) is 5.32 Å². The molecule has 0 atom stereocenters. The lowest BCUT2D eigenvalue weighted by Gasteiger charge is -2.06. The Labute approximate surface area is 84.1 Å². The first-order valence-corrected chi connectivity index (χ1v) is 4.51. The van der Waals surface area contributed by atoms with Gasteiger partial charge in [0.15, 0.2) is 0 Å². The molecule has 0 aromatic heterocycles. The van der Waals surface area contributed by atoms with E-state index in [0.717, 1.165) is 16.9 Å². The van der Waals surface area contributed by atoms with Crippen LogP contribution in [0.15, 0.2) is 18.2 Å². The largest absolute Gasteiger partial charge is 0.496 e. The number of likely N-dealkylation sites (N-methyl/N-ethyl adjacent to an activating group) is 1. The molecular weight excluding hydrogens is 178 g/mol. The van der Waals surface area contributed by atoms with Crippen molar-refractivity contribution < 1.29 is 9.53 Å². The van der Waals surface area contributed by atoms with Crippen molar-refractivity contribution in [3.05, 3.63) is 29.3 Å². The van der Waals surface area contributed by atoms with Gasteiger partial charge in [-0.05, 0) is 24.1 Å². The molecule has 0 aliphatic carbocycles. The van der Waals surface area contributed by atoms with Crippen molar-refractivity contribution in [2.24, 2.45) is 0 Å². The first-order valence-electron chi connectivity index (χ1n) is 4.51. The molecule has 0 aliphatic heterocycles. The second kappa shape index (κ2) is 4.65. The van der Waals surface area contributed by atoms with Gasteiger partial charge >= 0.3 is 0 Å². The van der Waals surface area contributed by atoms with E-state index >= 15 is 0 Å². The minimum Gasteiger partial charge on any atom is -0.496 e. The van der Waals surface area contributed by atoms with Gasteiger partial charge in [0, 0.05) is 7.05 Å². The lowest BCUT2D eigenvalue weighted by atomic mass is 10.1. The predicted molar refractivity (Wildman–Crippen MR) is 55.5 cm³/mol. The standard InChI is InChI=1S/C11H15NO2/c1-8-6-9(7-11(13)12-2)4-5-10(8)14-3/h4-6H,7H2,1-3H3,(H,12,13). The molecule has 0 aliphatic rings. The van der Waals surface area contributed by atoms with Crippen molar-refractivity contribution in [2.75, 3.05) is 14.2 Å². The Bertz CT molecular complexity index is 334. The number of amides is 1. The summed E-state index contributed by atoms with van der Waals surface area (Å²) in [7, 11) is 3.28. The van der Waals surface area contributed by atoms with Crippen molar-refractivity contribution in [3.63, 3.8) is 0 Å². The normalized spacial score (nSPS) is 9.64. The van der Waals surface area contributed by atoms with Crippen LogP contribution in [0.1, 0.15) is 11.1 Å². The summed E-state index contributed by atoms with van der Waals surface area (Å²) in [6, 6.07) is 5.75. The van der Waals surface area contributed by atoms with Crippen LogP contribution in [-0.2, 0) is 11.2 Å². The molecule has 0 spiro atoms. The Morgan fingerprint density at radius 2 is 2.21 bits per heavy atom. The summed E-state index contributed by atoms with van der Waals surface area (Å²) >= 11 is 0. The highest BCUT2D eigenvalue weighted by molar-refractivity contribution is 5.78. The van der Waals surface area contributed by atoms with Crippen LogP contribution in [0.4, 0.5) is 0 Å². The predicted octanol–water partition coefficient (Wildman–Crippen LogP) is 1.29. The van der Waals surface area contributed by atoms with E-state index in [9.17, 15) is 4.79 Å². The summed E-state index contributed by atoms with van der Waals surface area (Å²) in [6.45, 7) is 1.96. The number of rotatable bonds is 3. The summed E-state index contributed by atoms with van der Waals surface area (Å²) < 4.78 is 5.13. The molecule has 0 saturated heterocycles. The van der Waals surface area contributed by atoms with Gasteiger partial charge in [-0.15, -0.1) is 0 Å². The number of ether oxygens (including phenoxy) is 1. The topological polar surface area (TPSA) is 38.3 Å². The molecule has 1 N–H and O–H groups in total. The number of hydrogen-bond donors (Lipinski definition) is 1. The smallest absolute Gasteiger partial charge is 0.224 e. The maximum absolute atomic E-state index is 11.1. The minimum atomic E-state index is 0.0227. The van der Waals surface area contributed by atoms with Crippen LogP contribution in [0.5, 0.6) is 5.75 Å². The van der Waals surface area contributed by atoms with Gasteiger partial charge in [0.05, 0.1) is 13.5 Å². The lowest BCUT2D eigenvalue weighted by molar-refractivity contribution is -0.119. The molecule has 0 unspecified atom stereocenters. The zero-order valence-corrected chi connectivity index (χ0v) is 8.76. The SMILES string of the molecule is CNC(=O)Cc1ccc(OC)c(C)c1. The monoisotopic (exact) mass is 193 g/mol. The molecule has 0 fully saturated rings. The Hall–Kier alpha value is -1.51. The average molecular weight is 193 g/mol. The van der Waals surface area contributed by atoms with Gasteiger partial charge in [0.25, 0.3) is 0 Å². The fourth-order valence-corrected chi connectivity index (χ4v) is 1.32. The molecule has 76 valence electrons. The molecule has 3 heteroatoms. The van der Waals surface area contributed by atoms with E-state index in [4.69, 9.17) is 4.74 Å². The third kappa shape index (κ3) is 2.49. The first-order chi connectivity index (χ1) is 6.67. The maximum atomic E-state index is 11.1. The minimum absolute atomic E-state index is 0.0227. The fourth-order valence-electron chi connectivity index (χ4n) is 1.32. The fraction of sp³-hybridized carbons (Fsp3) is 0.364. The highest BCUT2D eigenvalue weighted by Crippen LogP contribution is 2.18. The van der Waals surface area contributed by atoms with Crippen molar-refractivity contribution in [3.8, 4) is 5.75 Å². The van der Waals surface area contributed by atoms with Gasteiger partial charge < -0.3 is 10.1 Å². The van der Waals surface area contributed by atoms with E-state index in [-0.39, 0.29) is 5.91 Å². The number of methoxy groups -OCH3 is 1. The number of aryl methyl sites for hydroxylation is 1. The van der Waals surface area contributed by atoms with Crippen LogP contribution in [0.3, 0.4) is 0 Å². The number of nitrogens with one attached hydrogen (secondary N) is 1. The Morgan fingerprint density at radius 1 is 1.50 bits per heavy atom. The van der Waals surface area contributed by atoms with E-state index in [1.165, 1.54) is 0 Å². The summed E-state index contributed by atoms with van der Waals surface area (Å²) in [4.78, 5) is 11.1. The van der Waals surface area contributed by atoms with E-state index in [1.807, 2.05) is 25.1 Å². The Balaban J connectivity index is 2.81. The first kappa shape index (κ1) is 10.6.